The molecule has 1 aliphatic rings. The molecule has 0 aliphatic carbocycles. The number of ether oxygens (including phenoxy) is 1. The van der Waals surface area contributed by atoms with E-state index >= 15 is 0 Å². The Bertz CT molecular complexity index is 399. The summed E-state index contributed by atoms with van der Waals surface area (Å²) in [4.78, 5) is 2.28. The molecule has 0 amide bonds. The van der Waals surface area contributed by atoms with Crippen LogP contribution in [0.3, 0.4) is 0 Å². The van der Waals surface area contributed by atoms with Crippen LogP contribution in [0.4, 0.5) is 4.39 Å². The van der Waals surface area contributed by atoms with Gasteiger partial charge in [-0.2, -0.15) is 0 Å². The number of likely N-dealkylation sites (tertiary alicyclic amines) is 1. The monoisotopic (exact) mass is 271 g/mol. The van der Waals surface area contributed by atoms with E-state index in [1.807, 2.05) is 0 Å². The third-order valence-electron chi connectivity index (χ3n) is 3.48. The highest BCUT2D eigenvalue weighted by atomic mass is 35.5. The first-order chi connectivity index (χ1) is 8.72. The molecule has 1 heterocycles. The minimum Gasteiger partial charge on any atom is -0.497 e. The lowest BCUT2D eigenvalue weighted by atomic mass is 9.99. The number of halogens is 2. The van der Waals surface area contributed by atoms with Crippen molar-refractivity contribution in [3.63, 3.8) is 0 Å². The topological polar surface area (TPSA) is 12.5 Å². The van der Waals surface area contributed by atoms with Crippen molar-refractivity contribution in [1.29, 1.82) is 0 Å². The number of piperidine rings is 1. The Balaban J connectivity index is 2.00. The third kappa shape index (κ3) is 3.36. The fourth-order valence-electron chi connectivity index (χ4n) is 2.44. The Morgan fingerprint density at radius 2 is 2.33 bits per heavy atom. The van der Waals surface area contributed by atoms with Crippen LogP contribution in [0.15, 0.2) is 18.2 Å². The van der Waals surface area contributed by atoms with E-state index in [-0.39, 0.29) is 5.82 Å². The van der Waals surface area contributed by atoms with Crippen molar-refractivity contribution in [1.82, 2.24) is 4.90 Å². The average molecular weight is 272 g/mol. The summed E-state index contributed by atoms with van der Waals surface area (Å²) in [5.41, 5.74) is 0.728. The summed E-state index contributed by atoms with van der Waals surface area (Å²) in [6.07, 6.45) is 2.33. The number of hydrogen-bond donors (Lipinski definition) is 0. The van der Waals surface area contributed by atoms with Gasteiger partial charge in [-0.1, -0.05) is 6.07 Å². The normalized spacial score (nSPS) is 20.9. The van der Waals surface area contributed by atoms with Crippen molar-refractivity contribution in [2.24, 2.45) is 5.92 Å². The van der Waals surface area contributed by atoms with Crippen molar-refractivity contribution in [3.8, 4) is 5.75 Å². The fourth-order valence-corrected chi connectivity index (χ4v) is 2.70. The van der Waals surface area contributed by atoms with Crippen LogP contribution in [0, 0.1) is 11.7 Å². The highest BCUT2D eigenvalue weighted by molar-refractivity contribution is 6.18. The molecule has 0 spiro atoms. The van der Waals surface area contributed by atoms with Crippen LogP contribution < -0.4 is 4.74 Å². The molecule has 0 saturated carbocycles. The van der Waals surface area contributed by atoms with Gasteiger partial charge in [0.05, 0.1) is 7.11 Å². The predicted molar refractivity (Wildman–Crippen MR) is 71.7 cm³/mol. The number of benzene rings is 1. The van der Waals surface area contributed by atoms with Gasteiger partial charge in [0.2, 0.25) is 0 Å². The number of alkyl halides is 1. The zero-order valence-electron chi connectivity index (χ0n) is 10.7. The van der Waals surface area contributed by atoms with Crippen LogP contribution >= 0.6 is 11.6 Å². The Morgan fingerprint density at radius 3 is 3.00 bits per heavy atom. The SMILES string of the molecule is COc1ccc(CN2CCCC(CCl)C2)c(F)c1. The standard InChI is InChI=1S/C14H19ClFNO/c1-18-13-5-4-12(14(16)7-13)10-17-6-2-3-11(8-15)9-17/h4-5,7,11H,2-3,6,8-10H2,1H3. The molecule has 4 heteroatoms. The number of nitrogens with zero attached hydrogens (tertiary/aromatic N) is 1. The van der Waals surface area contributed by atoms with Crippen molar-refractivity contribution in [2.45, 2.75) is 19.4 Å². The summed E-state index contributed by atoms with van der Waals surface area (Å²) in [7, 11) is 1.55. The highest BCUT2D eigenvalue weighted by Crippen LogP contribution is 2.22. The van der Waals surface area contributed by atoms with Gasteiger partial charge in [-0.05, 0) is 31.4 Å². The minimum atomic E-state index is -0.192. The molecule has 0 bridgehead atoms. The summed E-state index contributed by atoms with van der Waals surface area (Å²) < 4.78 is 18.8. The number of methoxy groups -OCH3 is 1. The second-order valence-corrected chi connectivity index (χ2v) is 5.16. The van der Waals surface area contributed by atoms with Gasteiger partial charge in [-0.15, -0.1) is 11.6 Å². The number of rotatable bonds is 4. The maximum absolute atomic E-state index is 13.8. The molecule has 2 rings (SSSR count). The minimum absolute atomic E-state index is 0.192. The Morgan fingerprint density at radius 1 is 1.50 bits per heavy atom. The van der Waals surface area contributed by atoms with Crippen molar-refractivity contribution in [3.05, 3.63) is 29.6 Å². The van der Waals surface area contributed by atoms with Gasteiger partial charge in [0.15, 0.2) is 0 Å². The van der Waals surface area contributed by atoms with Gasteiger partial charge >= 0.3 is 0 Å². The van der Waals surface area contributed by atoms with E-state index < -0.39 is 0 Å². The zero-order valence-corrected chi connectivity index (χ0v) is 11.4. The molecule has 1 aromatic carbocycles. The second kappa shape index (κ2) is 6.39. The van der Waals surface area contributed by atoms with Crippen LogP contribution in [-0.2, 0) is 6.54 Å². The second-order valence-electron chi connectivity index (χ2n) is 4.86. The van der Waals surface area contributed by atoms with Gasteiger partial charge in [-0.25, -0.2) is 4.39 Å². The lowest BCUT2D eigenvalue weighted by molar-refractivity contribution is 0.176. The first-order valence-corrected chi connectivity index (χ1v) is 6.87. The molecule has 1 aliphatic heterocycles. The van der Waals surface area contributed by atoms with E-state index in [0.29, 0.717) is 24.1 Å². The van der Waals surface area contributed by atoms with E-state index in [1.165, 1.54) is 12.5 Å². The lowest BCUT2D eigenvalue weighted by Crippen LogP contribution is -2.35. The lowest BCUT2D eigenvalue weighted by Gasteiger charge is -2.31. The number of hydrogen-bond acceptors (Lipinski definition) is 2. The van der Waals surface area contributed by atoms with Crippen LogP contribution in [0.2, 0.25) is 0 Å². The van der Waals surface area contributed by atoms with Crippen LogP contribution in [0.25, 0.3) is 0 Å². The summed E-state index contributed by atoms with van der Waals surface area (Å²) >= 11 is 5.90. The van der Waals surface area contributed by atoms with E-state index in [4.69, 9.17) is 16.3 Å². The molecule has 100 valence electrons. The average Bonchev–Trinajstić information content (AvgIpc) is 2.41. The molecule has 1 unspecified atom stereocenters. The van der Waals surface area contributed by atoms with E-state index in [9.17, 15) is 4.39 Å². The summed E-state index contributed by atoms with van der Waals surface area (Å²) in [5, 5.41) is 0. The molecular formula is C14H19ClFNO. The van der Waals surface area contributed by atoms with Crippen molar-refractivity contribution < 1.29 is 9.13 Å². The maximum atomic E-state index is 13.8. The Hall–Kier alpha value is -0.800. The third-order valence-corrected chi connectivity index (χ3v) is 3.91. The molecule has 1 aromatic rings. The van der Waals surface area contributed by atoms with Gasteiger partial charge in [0.25, 0.3) is 0 Å². The zero-order chi connectivity index (χ0) is 13.0. The molecule has 0 aromatic heterocycles. The van der Waals surface area contributed by atoms with Crippen LogP contribution in [0.1, 0.15) is 18.4 Å². The molecule has 0 N–H and O–H groups in total. The molecule has 0 radical (unpaired) electrons. The van der Waals surface area contributed by atoms with Gasteiger partial charge in [0, 0.05) is 30.6 Å². The molecule has 2 nitrogen and oxygen atoms in total. The Kier molecular flexibility index (Phi) is 4.84. The van der Waals surface area contributed by atoms with Gasteiger partial charge < -0.3 is 4.74 Å². The van der Waals surface area contributed by atoms with Crippen LogP contribution in [-0.4, -0.2) is 31.0 Å². The first-order valence-electron chi connectivity index (χ1n) is 6.33. The van der Waals surface area contributed by atoms with Gasteiger partial charge in [0.1, 0.15) is 11.6 Å². The van der Waals surface area contributed by atoms with Crippen LogP contribution in [0.5, 0.6) is 5.75 Å². The first kappa shape index (κ1) is 13.6. The highest BCUT2D eigenvalue weighted by Gasteiger charge is 2.20. The smallest absolute Gasteiger partial charge is 0.131 e. The van der Waals surface area contributed by atoms with Crippen molar-refractivity contribution in [2.75, 3.05) is 26.1 Å². The molecule has 1 atom stereocenters. The molecule has 18 heavy (non-hydrogen) atoms. The van der Waals surface area contributed by atoms with E-state index in [1.54, 1.807) is 19.2 Å². The molecule has 1 saturated heterocycles. The quantitative estimate of drug-likeness (QED) is 0.779. The van der Waals surface area contributed by atoms with Gasteiger partial charge in [-0.3, -0.25) is 4.90 Å². The molecule has 1 fully saturated rings. The largest absolute Gasteiger partial charge is 0.497 e. The fraction of sp³-hybridized carbons (Fsp3) is 0.571. The van der Waals surface area contributed by atoms with Crippen molar-refractivity contribution >= 4 is 11.6 Å². The van der Waals surface area contributed by atoms with E-state index in [2.05, 4.69) is 4.90 Å². The summed E-state index contributed by atoms with van der Waals surface area (Å²) in [6, 6.07) is 5.05. The predicted octanol–water partition coefficient (Wildman–Crippen LogP) is 3.29. The summed E-state index contributed by atoms with van der Waals surface area (Å²) in [5.74, 6) is 1.61. The summed E-state index contributed by atoms with van der Waals surface area (Å²) in [6.45, 7) is 2.65. The Labute approximate surface area is 113 Å². The maximum Gasteiger partial charge on any atom is 0.131 e. The van der Waals surface area contributed by atoms with E-state index in [0.717, 1.165) is 25.1 Å². The molecular weight excluding hydrogens is 253 g/mol.